The molecule has 1 N–H and O–H groups in total. The normalized spacial score (nSPS) is 19.0. The van der Waals surface area contributed by atoms with Crippen molar-refractivity contribution in [1.82, 2.24) is 10.3 Å². The zero-order valence-electron chi connectivity index (χ0n) is 11.9. The molecule has 20 heavy (non-hydrogen) atoms. The Balaban J connectivity index is 1.81. The van der Waals surface area contributed by atoms with Gasteiger partial charge in [-0.3, -0.25) is 0 Å². The van der Waals surface area contributed by atoms with Gasteiger partial charge >= 0.3 is 0 Å². The predicted octanol–water partition coefficient (Wildman–Crippen LogP) is 3.86. The lowest BCUT2D eigenvalue weighted by Crippen LogP contribution is -2.37. The first-order chi connectivity index (χ1) is 9.78. The van der Waals surface area contributed by atoms with Crippen LogP contribution in [0.2, 0.25) is 0 Å². The van der Waals surface area contributed by atoms with Crippen LogP contribution in [-0.4, -0.2) is 23.3 Å². The van der Waals surface area contributed by atoms with E-state index in [1.165, 1.54) is 21.9 Å². The molecule has 0 radical (unpaired) electrons. The Hall–Kier alpha value is -0.840. The number of thioether (sulfide) groups is 1. The lowest BCUT2D eigenvalue weighted by molar-refractivity contribution is 0.460. The van der Waals surface area contributed by atoms with Crippen molar-refractivity contribution >= 4 is 23.1 Å². The number of hydrogen-bond donors (Lipinski definition) is 1. The maximum absolute atomic E-state index is 4.63. The second-order valence-corrected chi connectivity index (χ2v) is 7.31. The Morgan fingerprint density at radius 3 is 3.00 bits per heavy atom. The fourth-order valence-electron chi connectivity index (χ4n) is 2.87. The number of thiazole rings is 1. The molecule has 2 nitrogen and oxygen atoms in total. The summed E-state index contributed by atoms with van der Waals surface area (Å²) >= 11 is 3.74. The van der Waals surface area contributed by atoms with Crippen LogP contribution in [0.5, 0.6) is 0 Å². The molecule has 106 valence electrons. The second-order valence-electron chi connectivity index (χ2n) is 5.18. The van der Waals surface area contributed by atoms with E-state index in [4.69, 9.17) is 0 Å². The summed E-state index contributed by atoms with van der Waals surface area (Å²) in [5.74, 6) is 1.78. The van der Waals surface area contributed by atoms with Gasteiger partial charge in [-0.15, -0.1) is 23.1 Å². The van der Waals surface area contributed by atoms with Crippen LogP contribution in [0.4, 0.5) is 0 Å². The minimum absolute atomic E-state index is 0.484. The third kappa shape index (κ3) is 2.92. The fourth-order valence-corrected chi connectivity index (χ4v) is 4.82. The molecular weight excluding hydrogens is 284 g/mol. The van der Waals surface area contributed by atoms with Crippen molar-refractivity contribution in [1.29, 1.82) is 0 Å². The Labute approximate surface area is 129 Å². The molecular formula is C16H20N2S2. The SMILES string of the molecule is CCNC(Cc1csc(C)n1)C1CSc2ccccc21. The number of fused-ring (bicyclic) bond motifs is 1. The number of nitrogens with one attached hydrogen (secondary N) is 1. The summed E-state index contributed by atoms with van der Waals surface area (Å²) in [6, 6.07) is 9.32. The van der Waals surface area contributed by atoms with Crippen LogP contribution in [0.3, 0.4) is 0 Å². The number of nitrogens with zero attached hydrogens (tertiary/aromatic N) is 1. The quantitative estimate of drug-likeness (QED) is 0.908. The maximum Gasteiger partial charge on any atom is 0.0897 e. The molecule has 0 aliphatic carbocycles. The predicted molar refractivity (Wildman–Crippen MR) is 87.9 cm³/mol. The zero-order chi connectivity index (χ0) is 13.9. The van der Waals surface area contributed by atoms with E-state index in [0.29, 0.717) is 12.0 Å². The van der Waals surface area contributed by atoms with Crippen LogP contribution in [0, 0.1) is 6.92 Å². The second kappa shape index (κ2) is 6.29. The molecule has 1 aromatic heterocycles. The fraction of sp³-hybridized carbons (Fsp3) is 0.438. The number of likely N-dealkylation sites (N-methyl/N-ethyl adjacent to an activating group) is 1. The van der Waals surface area contributed by atoms with E-state index in [1.807, 2.05) is 11.8 Å². The zero-order valence-corrected chi connectivity index (χ0v) is 13.6. The highest BCUT2D eigenvalue weighted by atomic mass is 32.2. The smallest absolute Gasteiger partial charge is 0.0897 e. The summed E-state index contributed by atoms with van der Waals surface area (Å²) in [7, 11) is 0. The summed E-state index contributed by atoms with van der Waals surface area (Å²) < 4.78 is 0. The minimum Gasteiger partial charge on any atom is -0.313 e. The Morgan fingerprint density at radius 1 is 1.40 bits per heavy atom. The van der Waals surface area contributed by atoms with E-state index < -0.39 is 0 Å². The van der Waals surface area contributed by atoms with Crippen LogP contribution >= 0.6 is 23.1 Å². The third-order valence-electron chi connectivity index (χ3n) is 3.78. The number of aromatic nitrogens is 1. The molecule has 1 aliphatic heterocycles. The molecule has 0 spiro atoms. The van der Waals surface area contributed by atoms with E-state index in [0.717, 1.165) is 18.0 Å². The number of rotatable bonds is 5. The Morgan fingerprint density at radius 2 is 2.25 bits per heavy atom. The molecule has 0 bridgehead atoms. The van der Waals surface area contributed by atoms with Gasteiger partial charge in [-0.25, -0.2) is 4.98 Å². The molecule has 1 aliphatic rings. The van der Waals surface area contributed by atoms with Crippen molar-refractivity contribution < 1.29 is 0 Å². The van der Waals surface area contributed by atoms with E-state index >= 15 is 0 Å². The molecule has 0 saturated carbocycles. The average Bonchev–Trinajstić information content (AvgIpc) is 3.04. The highest BCUT2D eigenvalue weighted by Gasteiger charge is 2.30. The maximum atomic E-state index is 4.63. The lowest BCUT2D eigenvalue weighted by Gasteiger charge is -2.24. The van der Waals surface area contributed by atoms with Crippen LogP contribution < -0.4 is 5.32 Å². The van der Waals surface area contributed by atoms with Crippen molar-refractivity contribution in [2.24, 2.45) is 0 Å². The molecule has 2 heterocycles. The van der Waals surface area contributed by atoms with Crippen molar-refractivity contribution in [2.75, 3.05) is 12.3 Å². The summed E-state index contributed by atoms with van der Waals surface area (Å²) in [4.78, 5) is 6.09. The number of aryl methyl sites for hydroxylation is 1. The Bertz CT molecular complexity index is 579. The van der Waals surface area contributed by atoms with Crippen molar-refractivity contribution in [2.45, 2.75) is 37.1 Å². The molecule has 0 saturated heterocycles. The molecule has 2 atom stereocenters. The van der Waals surface area contributed by atoms with Gasteiger partial charge in [0.1, 0.15) is 0 Å². The third-order valence-corrected chi connectivity index (χ3v) is 5.82. The molecule has 3 rings (SSSR count). The largest absolute Gasteiger partial charge is 0.313 e. The van der Waals surface area contributed by atoms with E-state index in [9.17, 15) is 0 Å². The highest BCUT2D eigenvalue weighted by molar-refractivity contribution is 7.99. The van der Waals surface area contributed by atoms with E-state index in [2.05, 4.69) is 53.8 Å². The van der Waals surface area contributed by atoms with Crippen molar-refractivity contribution in [3.63, 3.8) is 0 Å². The summed E-state index contributed by atoms with van der Waals surface area (Å²) in [5.41, 5.74) is 2.74. The molecule has 0 fully saturated rings. The lowest BCUT2D eigenvalue weighted by atomic mass is 9.90. The summed E-state index contributed by atoms with van der Waals surface area (Å²) in [6.07, 6.45) is 1.03. The monoisotopic (exact) mass is 304 g/mol. The van der Waals surface area contributed by atoms with Gasteiger partial charge in [-0.05, 0) is 25.1 Å². The average molecular weight is 304 g/mol. The van der Waals surface area contributed by atoms with Gasteiger partial charge < -0.3 is 5.32 Å². The molecule has 0 amide bonds. The molecule has 1 aromatic carbocycles. The van der Waals surface area contributed by atoms with Crippen LogP contribution in [0.1, 0.15) is 29.1 Å². The first-order valence-electron chi connectivity index (χ1n) is 7.14. The van der Waals surface area contributed by atoms with E-state index in [-0.39, 0.29) is 0 Å². The molecule has 2 unspecified atom stereocenters. The highest BCUT2D eigenvalue weighted by Crippen LogP contribution is 2.41. The molecule has 4 heteroatoms. The van der Waals surface area contributed by atoms with Gasteiger partial charge in [0.15, 0.2) is 0 Å². The number of hydrogen-bond acceptors (Lipinski definition) is 4. The van der Waals surface area contributed by atoms with Crippen LogP contribution in [0.25, 0.3) is 0 Å². The Kier molecular flexibility index (Phi) is 4.44. The number of benzene rings is 1. The first-order valence-corrected chi connectivity index (χ1v) is 9.00. The topological polar surface area (TPSA) is 24.9 Å². The van der Waals surface area contributed by atoms with Crippen LogP contribution in [-0.2, 0) is 6.42 Å². The van der Waals surface area contributed by atoms with Crippen LogP contribution in [0.15, 0.2) is 34.5 Å². The van der Waals surface area contributed by atoms with E-state index in [1.54, 1.807) is 11.3 Å². The van der Waals surface area contributed by atoms with Gasteiger partial charge in [-0.1, -0.05) is 25.1 Å². The summed E-state index contributed by atoms with van der Waals surface area (Å²) in [6.45, 7) is 5.28. The standard InChI is InChI=1S/C16H20N2S2/c1-3-17-15(8-12-9-19-11(2)18-12)14-10-20-16-7-5-4-6-13(14)16/h4-7,9,14-15,17H,3,8,10H2,1-2H3. The minimum atomic E-state index is 0.484. The van der Waals surface area contributed by atoms with Crippen molar-refractivity contribution in [3.05, 3.63) is 45.9 Å². The van der Waals surface area contributed by atoms with Crippen molar-refractivity contribution in [3.8, 4) is 0 Å². The first kappa shape index (κ1) is 14.1. The van der Waals surface area contributed by atoms with Gasteiger partial charge in [0, 0.05) is 34.4 Å². The van der Waals surface area contributed by atoms with Gasteiger partial charge in [0.05, 0.1) is 10.7 Å². The molecule has 2 aromatic rings. The van der Waals surface area contributed by atoms with Gasteiger partial charge in [0.25, 0.3) is 0 Å². The van der Waals surface area contributed by atoms with Gasteiger partial charge in [-0.2, -0.15) is 0 Å². The summed E-state index contributed by atoms with van der Waals surface area (Å²) in [5, 5.41) is 7.04. The van der Waals surface area contributed by atoms with Gasteiger partial charge in [0.2, 0.25) is 0 Å².